The lowest BCUT2D eigenvalue weighted by Crippen LogP contribution is -2.06. The van der Waals surface area contributed by atoms with Gasteiger partial charge >= 0.3 is 11.9 Å². The molecule has 7 heteroatoms. The molecule has 1 aliphatic rings. The van der Waals surface area contributed by atoms with Crippen LogP contribution in [0, 0.1) is 6.92 Å². The van der Waals surface area contributed by atoms with Crippen LogP contribution in [-0.2, 0) is 14.3 Å². The maximum absolute atomic E-state index is 12.2. The number of rotatable bonds is 4. The van der Waals surface area contributed by atoms with Gasteiger partial charge in [0.05, 0.1) is 12.1 Å². The molecule has 0 amide bonds. The number of ether oxygens (including phenoxy) is 3. The number of benzene rings is 2. The van der Waals surface area contributed by atoms with Crippen LogP contribution in [0.5, 0.6) is 11.5 Å². The fraction of sp³-hybridized carbons (Fsp3) is 0.150. The second-order valence-corrected chi connectivity index (χ2v) is 6.19. The molecule has 0 saturated heterocycles. The molecule has 1 aliphatic heterocycles. The molecule has 6 nitrogen and oxygen atoms in total. The van der Waals surface area contributed by atoms with Crippen LogP contribution in [0.1, 0.15) is 23.6 Å². The molecule has 0 fully saturated rings. The number of esters is 2. The molecule has 3 rings (SSSR count). The Labute approximate surface area is 161 Å². The van der Waals surface area contributed by atoms with Crippen molar-refractivity contribution in [3.63, 3.8) is 0 Å². The van der Waals surface area contributed by atoms with E-state index in [4.69, 9.17) is 25.8 Å². The summed E-state index contributed by atoms with van der Waals surface area (Å²) in [5, 5.41) is 0.172. The van der Waals surface area contributed by atoms with Crippen molar-refractivity contribution in [1.82, 2.24) is 0 Å². The van der Waals surface area contributed by atoms with Gasteiger partial charge in [-0.2, -0.15) is 0 Å². The van der Waals surface area contributed by atoms with Crippen LogP contribution in [0.25, 0.3) is 6.08 Å². The average molecular weight is 386 g/mol. The van der Waals surface area contributed by atoms with Crippen LogP contribution in [-0.4, -0.2) is 24.9 Å². The van der Waals surface area contributed by atoms with Crippen molar-refractivity contribution in [2.24, 2.45) is 4.99 Å². The minimum atomic E-state index is -0.563. The van der Waals surface area contributed by atoms with E-state index in [1.807, 2.05) is 31.2 Å². The molecule has 0 N–H and O–H groups in total. The Balaban J connectivity index is 1.99. The number of methoxy groups -OCH3 is 1. The van der Waals surface area contributed by atoms with Crippen LogP contribution in [0.4, 0.5) is 0 Å². The lowest BCUT2D eigenvalue weighted by molar-refractivity contribution is -0.132. The van der Waals surface area contributed by atoms with Crippen molar-refractivity contribution < 1.29 is 23.8 Å². The Bertz CT molecular complexity index is 994. The predicted molar refractivity (Wildman–Crippen MR) is 101 cm³/mol. The topological polar surface area (TPSA) is 74.2 Å². The van der Waals surface area contributed by atoms with E-state index < -0.39 is 11.9 Å². The molecule has 0 radical (unpaired) electrons. The van der Waals surface area contributed by atoms with E-state index in [1.54, 1.807) is 12.1 Å². The van der Waals surface area contributed by atoms with Crippen LogP contribution in [0.3, 0.4) is 0 Å². The van der Waals surface area contributed by atoms with Crippen molar-refractivity contribution in [1.29, 1.82) is 0 Å². The molecule has 0 aliphatic carbocycles. The SMILES string of the molecule is COc1cc(/C=C2/N=C(c3ccccc3C)OC2=O)cc(Cl)c1OC(C)=O. The van der Waals surface area contributed by atoms with Crippen molar-refractivity contribution >= 4 is 35.5 Å². The second-order valence-electron chi connectivity index (χ2n) is 5.78. The maximum Gasteiger partial charge on any atom is 0.363 e. The summed E-state index contributed by atoms with van der Waals surface area (Å²) in [4.78, 5) is 27.7. The Morgan fingerprint density at radius 2 is 2.00 bits per heavy atom. The molecule has 0 saturated carbocycles. The fourth-order valence-corrected chi connectivity index (χ4v) is 2.82. The Kier molecular flexibility index (Phi) is 5.28. The third kappa shape index (κ3) is 4.01. The standard InChI is InChI=1S/C20H16ClNO5/c1-11-6-4-5-7-14(11)19-22-16(20(24)27-19)9-13-8-15(21)18(26-12(2)23)17(10-13)25-3/h4-10H,1-3H3/b16-9+. The average Bonchev–Trinajstić information content (AvgIpc) is 2.97. The molecule has 0 unspecified atom stereocenters. The van der Waals surface area contributed by atoms with Crippen molar-refractivity contribution in [2.75, 3.05) is 7.11 Å². The van der Waals surface area contributed by atoms with Gasteiger partial charge in [-0.15, -0.1) is 0 Å². The summed E-state index contributed by atoms with van der Waals surface area (Å²) in [6.45, 7) is 3.17. The third-order valence-corrected chi connectivity index (χ3v) is 4.08. The zero-order valence-electron chi connectivity index (χ0n) is 14.9. The Morgan fingerprint density at radius 1 is 1.26 bits per heavy atom. The summed E-state index contributed by atoms with van der Waals surface area (Å²) in [6, 6.07) is 10.6. The normalized spacial score (nSPS) is 14.7. The summed E-state index contributed by atoms with van der Waals surface area (Å²) < 4.78 is 15.6. The first-order valence-corrected chi connectivity index (χ1v) is 8.41. The zero-order chi connectivity index (χ0) is 19.6. The highest BCUT2D eigenvalue weighted by atomic mass is 35.5. The van der Waals surface area contributed by atoms with Gasteiger partial charge in [0.25, 0.3) is 0 Å². The number of cyclic esters (lactones) is 1. The number of aliphatic imine (C=N–C) groups is 1. The number of hydrogen-bond acceptors (Lipinski definition) is 6. The highest BCUT2D eigenvalue weighted by molar-refractivity contribution is 6.32. The van der Waals surface area contributed by atoms with Gasteiger partial charge in [-0.3, -0.25) is 4.79 Å². The molecule has 27 heavy (non-hydrogen) atoms. The molecule has 2 aromatic carbocycles. The number of aryl methyl sites for hydroxylation is 1. The first-order valence-electron chi connectivity index (χ1n) is 8.03. The van der Waals surface area contributed by atoms with Crippen LogP contribution in [0.15, 0.2) is 47.1 Å². The summed E-state index contributed by atoms with van der Waals surface area (Å²) in [5.41, 5.74) is 2.37. The van der Waals surface area contributed by atoms with Crippen LogP contribution >= 0.6 is 11.6 Å². The van der Waals surface area contributed by atoms with E-state index in [1.165, 1.54) is 20.1 Å². The highest BCUT2D eigenvalue weighted by Gasteiger charge is 2.25. The van der Waals surface area contributed by atoms with Gasteiger partial charge in [0.1, 0.15) is 0 Å². The summed E-state index contributed by atoms with van der Waals surface area (Å²) in [7, 11) is 1.42. The largest absolute Gasteiger partial charge is 0.493 e. The number of nitrogens with zero attached hydrogens (tertiary/aromatic N) is 1. The van der Waals surface area contributed by atoms with Gasteiger partial charge in [0.15, 0.2) is 17.2 Å². The first-order chi connectivity index (χ1) is 12.9. The van der Waals surface area contributed by atoms with E-state index in [9.17, 15) is 9.59 Å². The zero-order valence-corrected chi connectivity index (χ0v) is 15.7. The van der Waals surface area contributed by atoms with Gasteiger partial charge < -0.3 is 14.2 Å². The lowest BCUT2D eigenvalue weighted by atomic mass is 10.1. The van der Waals surface area contributed by atoms with Crippen LogP contribution < -0.4 is 9.47 Å². The number of halogens is 1. The maximum atomic E-state index is 12.2. The third-order valence-electron chi connectivity index (χ3n) is 3.80. The van der Waals surface area contributed by atoms with E-state index in [-0.39, 0.29) is 28.1 Å². The summed E-state index contributed by atoms with van der Waals surface area (Å²) >= 11 is 6.19. The number of hydrogen-bond donors (Lipinski definition) is 0. The second kappa shape index (κ2) is 7.63. The van der Waals surface area contributed by atoms with E-state index in [0.29, 0.717) is 5.56 Å². The van der Waals surface area contributed by atoms with Gasteiger partial charge in [0, 0.05) is 12.5 Å². The molecule has 0 atom stereocenters. The Morgan fingerprint density at radius 3 is 2.67 bits per heavy atom. The molecular weight excluding hydrogens is 370 g/mol. The minimum absolute atomic E-state index is 0.118. The number of carbonyl (C=O) groups excluding carboxylic acids is 2. The van der Waals surface area contributed by atoms with Gasteiger partial charge in [-0.25, -0.2) is 9.79 Å². The quantitative estimate of drug-likeness (QED) is 0.453. The minimum Gasteiger partial charge on any atom is -0.493 e. The predicted octanol–water partition coefficient (Wildman–Crippen LogP) is 3.93. The van der Waals surface area contributed by atoms with E-state index in [0.717, 1.165) is 11.1 Å². The van der Waals surface area contributed by atoms with Crippen molar-refractivity contribution in [3.8, 4) is 11.5 Å². The molecule has 2 aromatic rings. The van der Waals surface area contributed by atoms with E-state index >= 15 is 0 Å². The van der Waals surface area contributed by atoms with E-state index in [2.05, 4.69) is 4.99 Å². The van der Waals surface area contributed by atoms with Gasteiger partial charge in [-0.1, -0.05) is 29.8 Å². The van der Waals surface area contributed by atoms with Gasteiger partial charge in [0.2, 0.25) is 5.90 Å². The highest BCUT2D eigenvalue weighted by Crippen LogP contribution is 2.37. The van der Waals surface area contributed by atoms with Crippen LogP contribution in [0.2, 0.25) is 5.02 Å². The summed E-state index contributed by atoms with van der Waals surface area (Å²) in [5.74, 6) is -0.453. The lowest BCUT2D eigenvalue weighted by Gasteiger charge is -2.10. The Hall–Kier alpha value is -3.12. The fourth-order valence-electron chi connectivity index (χ4n) is 2.56. The van der Waals surface area contributed by atoms with Gasteiger partial charge in [-0.05, 0) is 42.3 Å². The number of carbonyl (C=O) groups is 2. The van der Waals surface area contributed by atoms with Crippen molar-refractivity contribution in [2.45, 2.75) is 13.8 Å². The molecule has 0 aromatic heterocycles. The molecular formula is C20H16ClNO5. The molecule has 0 bridgehead atoms. The van der Waals surface area contributed by atoms with Crippen molar-refractivity contribution in [3.05, 3.63) is 63.8 Å². The molecule has 1 heterocycles. The smallest absolute Gasteiger partial charge is 0.363 e. The first kappa shape index (κ1) is 18.7. The monoisotopic (exact) mass is 385 g/mol. The molecule has 0 spiro atoms. The molecule has 138 valence electrons. The summed E-state index contributed by atoms with van der Waals surface area (Å²) in [6.07, 6.45) is 1.53.